The van der Waals surface area contributed by atoms with Crippen molar-refractivity contribution >= 4 is 34.9 Å². The molecule has 1 aromatic heterocycles. The van der Waals surface area contributed by atoms with Crippen LogP contribution in [-0.2, 0) is 41.1 Å². The van der Waals surface area contributed by atoms with Crippen LogP contribution in [-0.4, -0.2) is 132 Å². The highest BCUT2D eigenvalue weighted by atomic mass is 16.5. The molecule has 13 nitrogen and oxygen atoms in total. The number of hydrogen-bond donors (Lipinski definition) is 4. The molecule has 1 aliphatic carbocycles. The SMILES string of the molecule is CC[C@@]1(O)C[C@@H]2CN(CCc3c([nH]c4ccccc34)[C@](C(=O)OC)(c3cc4c(cc3OC)N(C=O)[C@@H]3[C@](O)(C(=O)OC)[C@@H](O)[C@@]5(CC)C=CCN6CC[C@@]43[C@H]65)C2)C1. The van der Waals surface area contributed by atoms with E-state index >= 15 is 4.79 Å². The summed E-state index contributed by atoms with van der Waals surface area (Å²) >= 11 is 0. The smallest absolute Gasteiger partial charge is 0.342 e. The van der Waals surface area contributed by atoms with E-state index in [4.69, 9.17) is 14.2 Å². The van der Waals surface area contributed by atoms with Crippen LogP contribution in [0.25, 0.3) is 10.9 Å². The molecule has 3 fully saturated rings. The Hall–Kier alpha value is -4.27. The number of nitrogens with one attached hydrogen (secondary N) is 1. The summed E-state index contributed by atoms with van der Waals surface area (Å²) in [7, 11) is 4.11. The lowest BCUT2D eigenvalue weighted by Crippen LogP contribution is -2.81. The van der Waals surface area contributed by atoms with Crippen molar-refractivity contribution < 1.29 is 43.9 Å². The Balaban J connectivity index is 1.38. The number of benzene rings is 2. The zero-order valence-electron chi connectivity index (χ0n) is 33.4. The zero-order valence-corrected chi connectivity index (χ0v) is 33.4. The molecule has 1 saturated carbocycles. The van der Waals surface area contributed by atoms with Gasteiger partial charge in [-0.1, -0.05) is 44.2 Å². The van der Waals surface area contributed by atoms with E-state index < -0.39 is 57.6 Å². The minimum Gasteiger partial charge on any atom is -0.496 e. The van der Waals surface area contributed by atoms with Crippen LogP contribution in [0.4, 0.5) is 5.69 Å². The number of piperidine rings is 1. The van der Waals surface area contributed by atoms with Gasteiger partial charge in [0.2, 0.25) is 12.0 Å². The number of H-pyrrole nitrogens is 1. The normalized spacial score (nSPS) is 37.9. The van der Waals surface area contributed by atoms with E-state index in [1.54, 1.807) is 6.07 Å². The van der Waals surface area contributed by atoms with E-state index in [1.165, 1.54) is 26.2 Å². The van der Waals surface area contributed by atoms with Gasteiger partial charge in [-0.15, -0.1) is 0 Å². The van der Waals surface area contributed by atoms with Crippen LogP contribution in [0.1, 0.15) is 68.3 Å². The van der Waals surface area contributed by atoms with Gasteiger partial charge >= 0.3 is 11.9 Å². The quantitative estimate of drug-likeness (QED) is 0.158. The van der Waals surface area contributed by atoms with Crippen molar-refractivity contribution in [1.82, 2.24) is 14.8 Å². The largest absolute Gasteiger partial charge is 0.496 e. The molecule has 2 bridgehead atoms. The summed E-state index contributed by atoms with van der Waals surface area (Å²) in [6.07, 6.45) is 5.71. The maximum absolute atomic E-state index is 15.2. The highest BCUT2D eigenvalue weighted by molar-refractivity contribution is 5.96. The fraction of sp³-hybridized carbons (Fsp3) is 0.568. The number of para-hydroxylation sites is 1. The Morgan fingerprint density at radius 3 is 2.46 bits per heavy atom. The molecule has 1 spiro atoms. The Morgan fingerprint density at radius 2 is 1.75 bits per heavy atom. The van der Waals surface area contributed by atoms with E-state index in [1.807, 2.05) is 50.3 Å². The molecule has 3 aromatic rings. The number of hydrogen-bond acceptors (Lipinski definition) is 11. The number of aromatic nitrogens is 1. The molecule has 6 aliphatic rings. The van der Waals surface area contributed by atoms with Crippen molar-refractivity contribution in [2.45, 2.75) is 92.6 Å². The number of carbonyl (C=O) groups excluding carboxylic acids is 3. The number of amides is 1. The first-order valence-electron chi connectivity index (χ1n) is 20.4. The summed E-state index contributed by atoms with van der Waals surface area (Å²) in [5, 5.41) is 38.2. The summed E-state index contributed by atoms with van der Waals surface area (Å²) in [5.41, 5.74) is -2.95. The first-order chi connectivity index (χ1) is 27.4. The molecule has 304 valence electrons. The Morgan fingerprint density at radius 1 is 0.982 bits per heavy atom. The average Bonchev–Trinajstić information content (AvgIpc) is 3.90. The number of carbonyl (C=O) groups is 3. The van der Waals surface area contributed by atoms with Gasteiger partial charge < -0.3 is 39.4 Å². The monoisotopic (exact) mass is 782 g/mol. The lowest BCUT2D eigenvalue weighted by molar-refractivity contribution is -0.218. The van der Waals surface area contributed by atoms with Crippen LogP contribution < -0.4 is 9.64 Å². The molecule has 6 heterocycles. The molecule has 13 heteroatoms. The van der Waals surface area contributed by atoms with Gasteiger partial charge in [-0.05, 0) is 74.2 Å². The molecule has 9 rings (SSSR count). The molecule has 57 heavy (non-hydrogen) atoms. The molecule has 10 atom stereocenters. The first kappa shape index (κ1) is 38.3. The van der Waals surface area contributed by atoms with E-state index in [0.717, 1.165) is 16.5 Å². The third kappa shape index (κ3) is 4.77. The van der Waals surface area contributed by atoms with Crippen molar-refractivity contribution in [2.75, 3.05) is 59.0 Å². The number of fused-ring (bicyclic) bond motifs is 6. The van der Waals surface area contributed by atoms with Crippen molar-refractivity contribution in [3.05, 3.63) is 70.9 Å². The van der Waals surface area contributed by atoms with Crippen LogP contribution >= 0.6 is 0 Å². The zero-order chi connectivity index (χ0) is 40.3. The van der Waals surface area contributed by atoms with E-state index in [2.05, 4.69) is 20.9 Å². The number of esters is 2. The minimum absolute atomic E-state index is 0.136. The van der Waals surface area contributed by atoms with Crippen molar-refractivity contribution in [3.8, 4) is 5.75 Å². The standard InChI is InChI=1S/C44H54N4O9/c1-6-40(53)21-26-22-43(38(51)56-4,34-28(13-17-46(23-26)24-40)27-11-8-9-12-31(27)45-34)30-19-29-32(20-33(30)55-3)48(25-49)36-42(29)15-18-47-16-10-14-41(7-2,35(42)47)37(50)44(36,54)39(52)57-5/h8-12,14,19-20,25-26,35-37,45,50,53-54H,6-7,13,15-18,21-24H2,1-5H3/t26-,35+,36-,37-,40+,41-,42-,43+,44+/m0/s1. The first-order valence-corrected chi connectivity index (χ1v) is 20.4. The topological polar surface area (TPSA) is 165 Å². The Labute approximate surface area is 332 Å². The van der Waals surface area contributed by atoms with Crippen LogP contribution in [0.3, 0.4) is 0 Å². The summed E-state index contributed by atoms with van der Waals surface area (Å²) in [6.45, 7) is 7.01. The van der Waals surface area contributed by atoms with Crippen LogP contribution in [0.5, 0.6) is 5.75 Å². The van der Waals surface area contributed by atoms with Gasteiger partial charge in [0, 0.05) is 71.3 Å². The van der Waals surface area contributed by atoms with Crippen LogP contribution in [0, 0.1) is 11.3 Å². The number of aliphatic hydroxyl groups excluding tert-OH is 1. The number of aliphatic hydroxyl groups is 3. The lowest BCUT2D eigenvalue weighted by atomic mass is 9.47. The molecular formula is C44H54N4O9. The van der Waals surface area contributed by atoms with Gasteiger partial charge in [0.25, 0.3) is 0 Å². The van der Waals surface area contributed by atoms with Crippen molar-refractivity contribution in [1.29, 1.82) is 0 Å². The molecule has 1 unspecified atom stereocenters. The molecule has 1 amide bonds. The predicted molar refractivity (Wildman–Crippen MR) is 211 cm³/mol. The number of rotatable bonds is 7. The third-order valence-electron chi connectivity index (χ3n) is 15.3. The highest BCUT2D eigenvalue weighted by Crippen LogP contribution is 2.67. The van der Waals surface area contributed by atoms with Gasteiger partial charge in [-0.25, -0.2) is 4.79 Å². The van der Waals surface area contributed by atoms with E-state index in [9.17, 15) is 24.9 Å². The van der Waals surface area contributed by atoms with Gasteiger partial charge in [0.15, 0.2) is 0 Å². The average molecular weight is 783 g/mol. The molecule has 2 aromatic carbocycles. The summed E-state index contributed by atoms with van der Waals surface area (Å²) in [6, 6.07) is 10.1. The van der Waals surface area contributed by atoms with Crippen LogP contribution in [0.2, 0.25) is 0 Å². The van der Waals surface area contributed by atoms with E-state index in [-0.39, 0.29) is 12.3 Å². The number of nitrogens with zero attached hydrogens (tertiary/aromatic N) is 3. The summed E-state index contributed by atoms with van der Waals surface area (Å²) in [5.74, 6) is -1.33. The number of aromatic amines is 1. The second-order valence-corrected chi connectivity index (χ2v) is 17.5. The van der Waals surface area contributed by atoms with Gasteiger partial charge in [-0.2, -0.15) is 0 Å². The number of ether oxygens (including phenoxy) is 3. The predicted octanol–water partition coefficient (Wildman–Crippen LogP) is 2.95. The second kappa shape index (κ2) is 13.1. The maximum atomic E-state index is 15.2. The number of anilines is 1. The maximum Gasteiger partial charge on any atom is 0.342 e. The third-order valence-corrected chi connectivity index (χ3v) is 15.3. The van der Waals surface area contributed by atoms with E-state index in [0.29, 0.717) is 99.5 Å². The van der Waals surface area contributed by atoms with Crippen molar-refractivity contribution in [2.24, 2.45) is 11.3 Å². The Kier molecular flexibility index (Phi) is 8.81. The fourth-order valence-corrected chi connectivity index (χ4v) is 13.0. The summed E-state index contributed by atoms with van der Waals surface area (Å²) in [4.78, 5) is 52.5. The molecule has 5 aliphatic heterocycles. The van der Waals surface area contributed by atoms with Crippen molar-refractivity contribution in [3.63, 3.8) is 0 Å². The summed E-state index contributed by atoms with van der Waals surface area (Å²) < 4.78 is 17.4. The van der Waals surface area contributed by atoms with Gasteiger partial charge in [-0.3, -0.25) is 19.4 Å². The minimum atomic E-state index is -2.52. The highest BCUT2D eigenvalue weighted by Gasteiger charge is 2.79. The molecule has 4 N–H and O–H groups in total. The lowest BCUT2D eigenvalue weighted by Gasteiger charge is -2.62. The molecule has 0 radical (unpaired) electrons. The molecule has 2 saturated heterocycles. The second-order valence-electron chi connectivity index (χ2n) is 17.5. The van der Waals surface area contributed by atoms with Gasteiger partial charge in [0.05, 0.1) is 38.7 Å². The number of methoxy groups -OCH3 is 3. The molecular weight excluding hydrogens is 729 g/mol. The Bertz CT molecular complexity index is 2190. The fourth-order valence-electron chi connectivity index (χ4n) is 13.0. The van der Waals surface area contributed by atoms with Crippen LogP contribution in [0.15, 0.2) is 48.6 Å². The van der Waals surface area contributed by atoms with Gasteiger partial charge in [0.1, 0.15) is 17.3 Å².